The van der Waals surface area contributed by atoms with Crippen molar-refractivity contribution >= 4 is 18.0 Å². The summed E-state index contributed by atoms with van der Waals surface area (Å²) in [7, 11) is 1.79. The van der Waals surface area contributed by atoms with Gasteiger partial charge in [-0.1, -0.05) is 0 Å². The molecule has 0 aliphatic carbocycles. The number of aliphatic carboxylic acids is 1. The van der Waals surface area contributed by atoms with Gasteiger partial charge in [0.1, 0.15) is 0 Å². The number of carboxylic acid groups (broad SMARTS) is 1. The van der Waals surface area contributed by atoms with Crippen molar-refractivity contribution in [1.29, 1.82) is 0 Å². The van der Waals surface area contributed by atoms with Crippen molar-refractivity contribution in [3.05, 3.63) is 24.0 Å². The van der Waals surface area contributed by atoms with Crippen LogP contribution in [-0.4, -0.2) is 43.7 Å². The molecule has 110 valence electrons. The van der Waals surface area contributed by atoms with Crippen molar-refractivity contribution in [3.63, 3.8) is 0 Å². The van der Waals surface area contributed by atoms with E-state index in [9.17, 15) is 9.59 Å². The first-order chi connectivity index (χ1) is 9.21. The van der Waals surface area contributed by atoms with Crippen LogP contribution in [0.3, 0.4) is 0 Å². The highest BCUT2D eigenvalue weighted by Gasteiger charge is 2.25. The summed E-state index contributed by atoms with van der Waals surface area (Å²) in [6.45, 7) is 5.83. The SMILES string of the molecule is Cn1nccc1/C=C/C(=O)N(CCC(=O)O)C(C)(C)C. The van der Waals surface area contributed by atoms with Crippen LogP contribution in [0.1, 0.15) is 32.9 Å². The van der Waals surface area contributed by atoms with Crippen molar-refractivity contribution < 1.29 is 14.7 Å². The second-order valence-electron chi connectivity index (χ2n) is 5.52. The van der Waals surface area contributed by atoms with E-state index in [1.165, 1.54) is 6.08 Å². The molecule has 0 aromatic carbocycles. The van der Waals surface area contributed by atoms with E-state index in [4.69, 9.17) is 5.11 Å². The van der Waals surface area contributed by atoms with Gasteiger partial charge in [0.25, 0.3) is 0 Å². The van der Waals surface area contributed by atoms with Gasteiger partial charge in [0, 0.05) is 31.4 Å². The maximum Gasteiger partial charge on any atom is 0.305 e. The highest BCUT2D eigenvalue weighted by molar-refractivity contribution is 5.92. The van der Waals surface area contributed by atoms with Gasteiger partial charge in [-0.3, -0.25) is 14.3 Å². The van der Waals surface area contributed by atoms with Crippen molar-refractivity contribution in [2.75, 3.05) is 6.54 Å². The monoisotopic (exact) mass is 279 g/mol. The smallest absolute Gasteiger partial charge is 0.305 e. The highest BCUT2D eigenvalue weighted by atomic mass is 16.4. The van der Waals surface area contributed by atoms with Gasteiger partial charge in [-0.15, -0.1) is 0 Å². The molecule has 0 bridgehead atoms. The molecule has 0 saturated heterocycles. The maximum absolute atomic E-state index is 12.2. The summed E-state index contributed by atoms with van der Waals surface area (Å²) in [5.41, 5.74) is 0.383. The molecule has 0 saturated carbocycles. The fourth-order valence-corrected chi connectivity index (χ4v) is 1.78. The Labute approximate surface area is 118 Å². The molecular weight excluding hydrogens is 258 g/mol. The standard InChI is InChI=1S/C14H21N3O3/c1-14(2,3)17(10-8-13(19)20)12(18)6-5-11-7-9-15-16(11)4/h5-7,9H,8,10H2,1-4H3,(H,19,20)/b6-5+. The number of carbonyl (C=O) groups is 2. The number of aryl methyl sites for hydroxylation is 1. The Hall–Kier alpha value is -2.11. The zero-order chi connectivity index (χ0) is 15.3. The van der Waals surface area contributed by atoms with E-state index in [-0.39, 0.29) is 18.9 Å². The number of hydrogen-bond donors (Lipinski definition) is 1. The minimum atomic E-state index is -0.914. The van der Waals surface area contributed by atoms with Crippen LogP contribution in [0, 0.1) is 0 Å². The van der Waals surface area contributed by atoms with Gasteiger partial charge in [-0.2, -0.15) is 5.10 Å². The molecule has 0 atom stereocenters. The summed E-state index contributed by atoms with van der Waals surface area (Å²) in [5.74, 6) is -1.12. The minimum Gasteiger partial charge on any atom is -0.481 e. The van der Waals surface area contributed by atoms with E-state index >= 15 is 0 Å². The number of carbonyl (C=O) groups excluding carboxylic acids is 1. The Morgan fingerprint density at radius 3 is 2.55 bits per heavy atom. The topological polar surface area (TPSA) is 75.4 Å². The summed E-state index contributed by atoms with van der Waals surface area (Å²) < 4.78 is 1.66. The lowest BCUT2D eigenvalue weighted by molar-refractivity contribution is -0.139. The molecular formula is C14H21N3O3. The van der Waals surface area contributed by atoms with Crippen molar-refractivity contribution in [2.45, 2.75) is 32.7 Å². The maximum atomic E-state index is 12.2. The third-order valence-electron chi connectivity index (χ3n) is 2.88. The van der Waals surface area contributed by atoms with Crippen LogP contribution in [0.15, 0.2) is 18.3 Å². The van der Waals surface area contributed by atoms with Gasteiger partial charge in [-0.05, 0) is 32.9 Å². The highest BCUT2D eigenvalue weighted by Crippen LogP contribution is 2.15. The molecule has 1 amide bonds. The normalized spacial score (nSPS) is 11.8. The van der Waals surface area contributed by atoms with E-state index in [2.05, 4.69) is 5.10 Å². The number of hydrogen-bond acceptors (Lipinski definition) is 3. The summed E-state index contributed by atoms with van der Waals surface area (Å²) in [5, 5.41) is 12.8. The largest absolute Gasteiger partial charge is 0.481 e. The number of carboxylic acids is 1. The van der Waals surface area contributed by atoms with Crippen molar-refractivity contribution in [1.82, 2.24) is 14.7 Å². The Bertz CT molecular complexity index is 512. The first-order valence-corrected chi connectivity index (χ1v) is 6.41. The lowest BCUT2D eigenvalue weighted by Crippen LogP contribution is -2.45. The first kappa shape index (κ1) is 15.9. The van der Waals surface area contributed by atoms with Crippen LogP contribution in [0.2, 0.25) is 0 Å². The van der Waals surface area contributed by atoms with Gasteiger partial charge < -0.3 is 10.0 Å². The van der Waals surface area contributed by atoms with Crippen molar-refractivity contribution in [2.24, 2.45) is 7.05 Å². The molecule has 1 N–H and O–H groups in total. The van der Waals surface area contributed by atoms with Gasteiger partial charge in [-0.25, -0.2) is 0 Å². The summed E-state index contributed by atoms with van der Waals surface area (Å²) in [6, 6.07) is 1.79. The van der Waals surface area contributed by atoms with E-state index in [1.807, 2.05) is 20.8 Å². The van der Waals surface area contributed by atoms with Gasteiger partial charge >= 0.3 is 5.97 Å². The van der Waals surface area contributed by atoms with Crippen LogP contribution in [-0.2, 0) is 16.6 Å². The fraction of sp³-hybridized carbons (Fsp3) is 0.500. The lowest BCUT2D eigenvalue weighted by atomic mass is 10.1. The molecule has 0 radical (unpaired) electrons. The molecule has 1 aromatic heterocycles. The second kappa shape index (κ2) is 6.36. The molecule has 0 aliphatic rings. The third-order valence-corrected chi connectivity index (χ3v) is 2.88. The molecule has 0 spiro atoms. The zero-order valence-corrected chi connectivity index (χ0v) is 12.3. The van der Waals surface area contributed by atoms with E-state index in [0.717, 1.165) is 5.69 Å². The molecule has 1 aromatic rings. The third kappa shape index (κ3) is 4.53. The van der Waals surface area contributed by atoms with Gasteiger partial charge in [0.15, 0.2) is 0 Å². The quantitative estimate of drug-likeness (QED) is 0.829. The molecule has 1 rings (SSSR count). The summed E-state index contributed by atoms with van der Waals surface area (Å²) in [6.07, 6.45) is 4.71. The second-order valence-corrected chi connectivity index (χ2v) is 5.52. The number of aromatic nitrogens is 2. The molecule has 6 heteroatoms. The molecule has 6 nitrogen and oxygen atoms in total. The summed E-state index contributed by atoms with van der Waals surface area (Å²) in [4.78, 5) is 24.5. The number of rotatable bonds is 5. The molecule has 1 heterocycles. The predicted molar refractivity (Wildman–Crippen MR) is 76.0 cm³/mol. The van der Waals surface area contributed by atoms with E-state index in [1.54, 1.807) is 35.0 Å². The molecule has 20 heavy (non-hydrogen) atoms. The average molecular weight is 279 g/mol. The van der Waals surface area contributed by atoms with Crippen LogP contribution in [0.5, 0.6) is 0 Å². The Morgan fingerprint density at radius 1 is 1.45 bits per heavy atom. The number of nitrogens with zero attached hydrogens (tertiary/aromatic N) is 3. The minimum absolute atomic E-state index is 0.0669. The van der Waals surface area contributed by atoms with Crippen LogP contribution in [0.4, 0.5) is 0 Å². The molecule has 0 aliphatic heterocycles. The van der Waals surface area contributed by atoms with Crippen molar-refractivity contribution in [3.8, 4) is 0 Å². The zero-order valence-electron chi connectivity index (χ0n) is 12.3. The summed E-state index contributed by atoms with van der Waals surface area (Å²) >= 11 is 0. The van der Waals surface area contributed by atoms with E-state index in [0.29, 0.717) is 0 Å². The Kier molecular flexibility index (Phi) is 5.07. The molecule has 0 fully saturated rings. The Morgan fingerprint density at radius 2 is 2.10 bits per heavy atom. The van der Waals surface area contributed by atoms with E-state index < -0.39 is 11.5 Å². The Balaban J connectivity index is 2.81. The average Bonchev–Trinajstić information content (AvgIpc) is 2.70. The van der Waals surface area contributed by atoms with Gasteiger partial charge in [0.2, 0.25) is 5.91 Å². The lowest BCUT2D eigenvalue weighted by Gasteiger charge is -2.34. The van der Waals surface area contributed by atoms with Crippen LogP contribution < -0.4 is 0 Å². The van der Waals surface area contributed by atoms with Crippen LogP contribution >= 0.6 is 0 Å². The van der Waals surface area contributed by atoms with Crippen LogP contribution in [0.25, 0.3) is 6.08 Å². The first-order valence-electron chi connectivity index (χ1n) is 6.41. The van der Waals surface area contributed by atoms with Gasteiger partial charge in [0.05, 0.1) is 12.1 Å². The molecule has 0 unspecified atom stereocenters. The number of amides is 1. The fourth-order valence-electron chi connectivity index (χ4n) is 1.78. The predicted octanol–water partition coefficient (Wildman–Crippen LogP) is 1.54.